The normalized spacial score (nSPS) is 13.7. The molecule has 3 nitrogen and oxygen atoms in total. The first-order valence-corrected chi connectivity index (χ1v) is 6.66. The molecule has 0 bridgehead atoms. The lowest BCUT2D eigenvalue weighted by Gasteiger charge is -2.14. The van der Waals surface area contributed by atoms with Gasteiger partial charge in [-0.3, -0.25) is 0 Å². The van der Waals surface area contributed by atoms with Crippen LogP contribution in [0, 0.1) is 0 Å². The Morgan fingerprint density at radius 3 is 2.33 bits per heavy atom. The number of nitrogens with two attached hydrogens (primary N) is 1. The maximum atomic E-state index is 12.1. The highest BCUT2D eigenvalue weighted by Crippen LogP contribution is 2.19. The smallest absolute Gasteiger partial charge is 0.181 e. The molecule has 1 rings (SSSR count). The molecule has 1 atom stereocenters. The van der Waals surface area contributed by atoms with Crippen molar-refractivity contribution >= 4 is 9.84 Å². The lowest BCUT2D eigenvalue weighted by atomic mass is 10.2. The number of benzene rings is 1. The van der Waals surface area contributed by atoms with Gasteiger partial charge in [-0.25, -0.2) is 8.42 Å². The minimum Gasteiger partial charge on any atom is -0.330 e. The third-order valence-electron chi connectivity index (χ3n) is 2.45. The van der Waals surface area contributed by atoms with Crippen LogP contribution in [0.3, 0.4) is 0 Å². The monoisotopic (exact) mass is 227 g/mol. The van der Waals surface area contributed by atoms with Gasteiger partial charge in [0.2, 0.25) is 0 Å². The number of sulfone groups is 1. The van der Waals surface area contributed by atoms with E-state index in [2.05, 4.69) is 0 Å². The van der Waals surface area contributed by atoms with Crippen LogP contribution < -0.4 is 5.73 Å². The second-order valence-corrected chi connectivity index (χ2v) is 5.69. The molecule has 0 aliphatic rings. The van der Waals surface area contributed by atoms with Gasteiger partial charge in [0.05, 0.1) is 10.1 Å². The highest BCUT2D eigenvalue weighted by atomic mass is 32.2. The van der Waals surface area contributed by atoms with Crippen LogP contribution in [-0.4, -0.2) is 20.2 Å². The van der Waals surface area contributed by atoms with Gasteiger partial charge in [-0.2, -0.15) is 0 Å². The Morgan fingerprint density at radius 2 is 1.87 bits per heavy atom. The van der Waals surface area contributed by atoms with Crippen LogP contribution in [0.5, 0.6) is 0 Å². The number of rotatable bonds is 5. The lowest BCUT2D eigenvalue weighted by Crippen LogP contribution is -2.23. The van der Waals surface area contributed by atoms with Crippen LogP contribution >= 0.6 is 0 Å². The predicted octanol–water partition coefficient (Wildman–Crippen LogP) is 1.59. The summed E-state index contributed by atoms with van der Waals surface area (Å²) in [6, 6.07) is 8.55. The molecule has 84 valence electrons. The minimum atomic E-state index is -3.19. The number of hydrogen-bond donors (Lipinski definition) is 1. The molecule has 1 unspecified atom stereocenters. The fourth-order valence-electron chi connectivity index (χ4n) is 1.57. The molecule has 0 aliphatic heterocycles. The second-order valence-electron chi connectivity index (χ2n) is 3.47. The van der Waals surface area contributed by atoms with E-state index in [9.17, 15) is 8.42 Å². The van der Waals surface area contributed by atoms with Crippen LogP contribution in [0.25, 0.3) is 0 Å². The van der Waals surface area contributed by atoms with E-state index in [1.54, 1.807) is 24.3 Å². The fraction of sp³-hybridized carbons (Fsp3) is 0.455. The van der Waals surface area contributed by atoms with E-state index in [1.807, 2.05) is 13.0 Å². The van der Waals surface area contributed by atoms with E-state index in [1.165, 1.54) is 0 Å². The van der Waals surface area contributed by atoms with Crippen molar-refractivity contribution in [2.45, 2.75) is 29.9 Å². The van der Waals surface area contributed by atoms with Gasteiger partial charge in [-0.15, -0.1) is 0 Å². The van der Waals surface area contributed by atoms with Crippen LogP contribution in [0.2, 0.25) is 0 Å². The quantitative estimate of drug-likeness (QED) is 0.831. The maximum Gasteiger partial charge on any atom is 0.181 e. The molecule has 0 saturated carbocycles. The summed E-state index contributed by atoms with van der Waals surface area (Å²) in [6.07, 6.45) is 1.13. The third-order valence-corrected chi connectivity index (χ3v) is 4.83. The summed E-state index contributed by atoms with van der Waals surface area (Å²) in [5, 5.41) is -0.357. The minimum absolute atomic E-state index is 0.357. The van der Waals surface area contributed by atoms with Crippen molar-refractivity contribution in [2.24, 2.45) is 5.73 Å². The molecule has 0 heterocycles. The zero-order valence-corrected chi connectivity index (χ0v) is 9.70. The summed E-state index contributed by atoms with van der Waals surface area (Å²) in [5.41, 5.74) is 5.42. The van der Waals surface area contributed by atoms with Crippen LogP contribution in [-0.2, 0) is 9.84 Å². The van der Waals surface area contributed by atoms with Crippen molar-refractivity contribution in [3.8, 4) is 0 Å². The molecular formula is C11H17NO2S. The van der Waals surface area contributed by atoms with Crippen molar-refractivity contribution in [2.75, 3.05) is 6.54 Å². The summed E-state index contributed by atoms with van der Waals surface area (Å²) in [7, 11) is -3.19. The molecule has 1 aromatic rings. The van der Waals surface area contributed by atoms with E-state index >= 15 is 0 Å². The molecule has 0 spiro atoms. The first-order chi connectivity index (χ1) is 7.12. The third kappa shape index (κ3) is 2.79. The van der Waals surface area contributed by atoms with Crippen molar-refractivity contribution in [3.63, 3.8) is 0 Å². The van der Waals surface area contributed by atoms with Gasteiger partial charge in [0.1, 0.15) is 0 Å². The Morgan fingerprint density at radius 1 is 1.27 bits per heavy atom. The van der Waals surface area contributed by atoms with E-state index < -0.39 is 9.84 Å². The van der Waals surface area contributed by atoms with Gasteiger partial charge >= 0.3 is 0 Å². The highest BCUT2D eigenvalue weighted by Gasteiger charge is 2.24. The first kappa shape index (κ1) is 12.2. The van der Waals surface area contributed by atoms with Crippen molar-refractivity contribution in [1.29, 1.82) is 0 Å². The van der Waals surface area contributed by atoms with Crippen molar-refractivity contribution in [3.05, 3.63) is 30.3 Å². The Labute approximate surface area is 91.2 Å². The molecule has 0 saturated heterocycles. The maximum absolute atomic E-state index is 12.1. The van der Waals surface area contributed by atoms with Crippen LogP contribution in [0.4, 0.5) is 0 Å². The lowest BCUT2D eigenvalue weighted by molar-refractivity contribution is 0.567. The van der Waals surface area contributed by atoms with Gasteiger partial charge in [0.15, 0.2) is 9.84 Å². The second kappa shape index (κ2) is 5.28. The van der Waals surface area contributed by atoms with Crippen molar-refractivity contribution in [1.82, 2.24) is 0 Å². The molecular weight excluding hydrogens is 210 g/mol. The molecule has 0 fully saturated rings. The fourth-order valence-corrected chi connectivity index (χ4v) is 3.37. The summed E-state index contributed by atoms with van der Waals surface area (Å²) >= 11 is 0. The summed E-state index contributed by atoms with van der Waals surface area (Å²) in [4.78, 5) is 0.394. The molecule has 4 heteroatoms. The van der Waals surface area contributed by atoms with Gasteiger partial charge in [0, 0.05) is 0 Å². The Hall–Kier alpha value is -0.870. The summed E-state index contributed by atoms with van der Waals surface area (Å²) < 4.78 is 24.2. The molecule has 15 heavy (non-hydrogen) atoms. The molecule has 0 amide bonds. The largest absolute Gasteiger partial charge is 0.330 e. The van der Waals surface area contributed by atoms with Gasteiger partial charge in [-0.1, -0.05) is 25.1 Å². The van der Waals surface area contributed by atoms with Crippen molar-refractivity contribution < 1.29 is 8.42 Å². The molecule has 0 aliphatic carbocycles. The number of hydrogen-bond acceptors (Lipinski definition) is 3. The average Bonchev–Trinajstić information content (AvgIpc) is 2.27. The molecule has 2 N–H and O–H groups in total. The van der Waals surface area contributed by atoms with Gasteiger partial charge in [-0.05, 0) is 31.5 Å². The summed E-state index contributed by atoms with van der Waals surface area (Å²) in [5.74, 6) is 0. The van der Waals surface area contributed by atoms with E-state index in [4.69, 9.17) is 5.73 Å². The first-order valence-electron chi connectivity index (χ1n) is 5.12. The zero-order chi connectivity index (χ0) is 11.3. The van der Waals surface area contributed by atoms with Crippen LogP contribution in [0.15, 0.2) is 35.2 Å². The van der Waals surface area contributed by atoms with E-state index in [0.717, 1.165) is 0 Å². The Balaban J connectivity index is 3.01. The predicted molar refractivity (Wildman–Crippen MR) is 61.4 cm³/mol. The molecule has 0 aromatic heterocycles. The molecule has 0 radical (unpaired) electrons. The topological polar surface area (TPSA) is 60.2 Å². The summed E-state index contributed by atoms with van der Waals surface area (Å²) in [6.45, 7) is 2.28. The van der Waals surface area contributed by atoms with Crippen LogP contribution in [0.1, 0.15) is 19.8 Å². The SMILES string of the molecule is CCC(CCN)S(=O)(=O)c1ccccc1. The van der Waals surface area contributed by atoms with E-state index in [-0.39, 0.29) is 5.25 Å². The Kier molecular flexibility index (Phi) is 4.29. The zero-order valence-electron chi connectivity index (χ0n) is 8.89. The van der Waals surface area contributed by atoms with E-state index in [0.29, 0.717) is 24.3 Å². The molecule has 1 aromatic carbocycles. The van der Waals surface area contributed by atoms with Gasteiger partial charge in [0.25, 0.3) is 0 Å². The Bertz CT molecular complexity index is 386. The standard InChI is InChI=1S/C11H17NO2S/c1-2-10(8-9-12)15(13,14)11-6-4-3-5-7-11/h3-7,10H,2,8-9,12H2,1H3. The average molecular weight is 227 g/mol. The van der Waals surface area contributed by atoms with Gasteiger partial charge < -0.3 is 5.73 Å². The highest BCUT2D eigenvalue weighted by molar-refractivity contribution is 7.92.